The van der Waals surface area contributed by atoms with Crippen molar-refractivity contribution in [3.05, 3.63) is 59.5 Å². The monoisotopic (exact) mass is 265 g/mol. The van der Waals surface area contributed by atoms with Gasteiger partial charge in [0, 0.05) is 10.1 Å². The van der Waals surface area contributed by atoms with Gasteiger partial charge in [0.25, 0.3) is 0 Å². The fourth-order valence-corrected chi connectivity index (χ4v) is 3.17. The Kier molecular flexibility index (Phi) is 2.35. The van der Waals surface area contributed by atoms with Crippen LogP contribution in [0.3, 0.4) is 0 Å². The van der Waals surface area contributed by atoms with Crippen LogP contribution in [0.2, 0.25) is 0 Å². The highest BCUT2D eigenvalue weighted by Crippen LogP contribution is 2.28. The van der Waals surface area contributed by atoms with Crippen LogP contribution in [0, 0.1) is 0 Å². The minimum absolute atomic E-state index is 0.756. The predicted octanol–water partition coefficient (Wildman–Crippen LogP) is 3.69. The molecule has 0 atom stereocenters. The third-order valence-corrected chi connectivity index (χ3v) is 4.16. The molecule has 4 aromatic rings. The van der Waals surface area contributed by atoms with E-state index in [0.717, 1.165) is 17.6 Å². The quantitative estimate of drug-likeness (QED) is 0.553. The number of benzene rings is 2. The highest BCUT2D eigenvalue weighted by atomic mass is 32.1. The molecule has 0 bridgehead atoms. The highest BCUT2D eigenvalue weighted by molar-refractivity contribution is 7.17. The average Bonchev–Trinajstić information content (AvgIpc) is 3.06. The van der Waals surface area contributed by atoms with Crippen molar-refractivity contribution >= 4 is 32.5 Å². The Balaban J connectivity index is 1.92. The summed E-state index contributed by atoms with van der Waals surface area (Å²) in [4.78, 5) is 0. The third-order valence-electron chi connectivity index (χ3n) is 3.28. The predicted molar refractivity (Wildman–Crippen MR) is 78.5 cm³/mol. The molecule has 3 nitrogen and oxygen atoms in total. The summed E-state index contributed by atoms with van der Waals surface area (Å²) < 4.78 is 3.27. The van der Waals surface area contributed by atoms with Crippen LogP contribution in [0.5, 0.6) is 0 Å². The first kappa shape index (κ1) is 10.7. The van der Waals surface area contributed by atoms with Gasteiger partial charge in [-0.2, -0.15) is 0 Å². The minimum Gasteiger partial charge on any atom is -0.240 e. The van der Waals surface area contributed by atoms with Gasteiger partial charge in [-0.1, -0.05) is 35.5 Å². The van der Waals surface area contributed by atoms with Gasteiger partial charge < -0.3 is 0 Å². The van der Waals surface area contributed by atoms with E-state index in [1.54, 1.807) is 11.3 Å². The van der Waals surface area contributed by atoms with Crippen LogP contribution < -0.4 is 0 Å². The molecule has 2 aromatic heterocycles. The molecule has 0 fully saturated rings. The molecule has 2 heterocycles. The fourth-order valence-electron chi connectivity index (χ4n) is 2.38. The van der Waals surface area contributed by atoms with Crippen LogP contribution in [-0.4, -0.2) is 15.0 Å². The number of thiophene rings is 1. The molecule has 92 valence electrons. The molecule has 0 radical (unpaired) electrons. The molecule has 0 N–H and O–H groups in total. The van der Waals surface area contributed by atoms with Crippen molar-refractivity contribution in [1.82, 2.24) is 15.0 Å². The average molecular weight is 265 g/mol. The van der Waals surface area contributed by atoms with E-state index in [1.165, 1.54) is 15.6 Å². The lowest BCUT2D eigenvalue weighted by Gasteiger charge is -2.03. The molecule has 4 heteroatoms. The maximum Gasteiger partial charge on any atom is 0.113 e. The molecule has 4 rings (SSSR count). The standard InChI is InChI=1S/C15H11N3S/c1-2-4-11(5-3-1)10-18-15-12-8-9-19-14(12)7-6-13(15)16-17-18/h1-9H,10H2. The summed E-state index contributed by atoms with van der Waals surface area (Å²) in [5.41, 5.74) is 3.32. The topological polar surface area (TPSA) is 30.7 Å². The van der Waals surface area contributed by atoms with Crippen LogP contribution in [0.4, 0.5) is 0 Å². The summed E-state index contributed by atoms with van der Waals surface area (Å²) in [6.45, 7) is 0.756. The minimum atomic E-state index is 0.756. The van der Waals surface area contributed by atoms with Gasteiger partial charge in [-0.05, 0) is 29.1 Å². The molecular formula is C15H11N3S. The zero-order valence-corrected chi connectivity index (χ0v) is 11.0. The van der Waals surface area contributed by atoms with Crippen molar-refractivity contribution < 1.29 is 0 Å². The molecule has 0 saturated heterocycles. The zero-order chi connectivity index (χ0) is 12.7. The molecule has 0 unspecified atom stereocenters. The number of fused-ring (bicyclic) bond motifs is 3. The fraction of sp³-hybridized carbons (Fsp3) is 0.0667. The molecule has 0 aliphatic carbocycles. The van der Waals surface area contributed by atoms with E-state index in [-0.39, 0.29) is 0 Å². The first-order chi connectivity index (χ1) is 9.42. The molecule has 2 aromatic carbocycles. The van der Waals surface area contributed by atoms with E-state index in [1.807, 2.05) is 16.8 Å². The summed E-state index contributed by atoms with van der Waals surface area (Å²) >= 11 is 1.75. The van der Waals surface area contributed by atoms with Gasteiger partial charge in [0.2, 0.25) is 0 Å². The maximum absolute atomic E-state index is 4.29. The second-order valence-electron chi connectivity index (χ2n) is 4.50. The van der Waals surface area contributed by atoms with E-state index < -0.39 is 0 Å². The SMILES string of the molecule is c1ccc(Cn2nnc3ccc4sccc4c32)cc1. The van der Waals surface area contributed by atoms with Crippen LogP contribution in [0.25, 0.3) is 21.1 Å². The maximum atomic E-state index is 4.29. The van der Waals surface area contributed by atoms with Gasteiger partial charge in [0.05, 0.1) is 12.1 Å². The first-order valence-electron chi connectivity index (χ1n) is 6.15. The second-order valence-corrected chi connectivity index (χ2v) is 5.45. The van der Waals surface area contributed by atoms with Crippen molar-refractivity contribution in [3.8, 4) is 0 Å². The number of hydrogen-bond donors (Lipinski definition) is 0. The second kappa shape index (κ2) is 4.17. The molecule has 0 spiro atoms. The number of rotatable bonds is 2. The zero-order valence-electron chi connectivity index (χ0n) is 10.2. The molecular weight excluding hydrogens is 254 g/mol. The van der Waals surface area contributed by atoms with Gasteiger partial charge in [0.15, 0.2) is 0 Å². The number of hydrogen-bond acceptors (Lipinski definition) is 3. The molecule has 0 aliphatic rings. The smallest absolute Gasteiger partial charge is 0.113 e. The van der Waals surface area contributed by atoms with Crippen molar-refractivity contribution in [1.29, 1.82) is 0 Å². The number of aromatic nitrogens is 3. The Morgan fingerprint density at radius 3 is 2.79 bits per heavy atom. The van der Waals surface area contributed by atoms with E-state index >= 15 is 0 Å². The number of nitrogens with zero attached hydrogens (tertiary/aromatic N) is 3. The Bertz CT molecular complexity index is 845. The summed E-state index contributed by atoms with van der Waals surface area (Å²) in [6, 6.07) is 16.7. The Morgan fingerprint density at radius 2 is 1.89 bits per heavy atom. The summed E-state index contributed by atoms with van der Waals surface area (Å²) in [7, 11) is 0. The van der Waals surface area contributed by atoms with E-state index in [4.69, 9.17) is 0 Å². The highest BCUT2D eigenvalue weighted by Gasteiger charge is 2.09. The van der Waals surface area contributed by atoms with Crippen LogP contribution in [0.15, 0.2) is 53.9 Å². The summed E-state index contributed by atoms with van der Waals surface area (Å²) in [5, 5.41) is 11.9. The normalized spacial score (nSPS) is 11.4. The third kappa shape index (κ3) is 1.72. The van der Waals surface area contributed by atoms with E-state index in [0.29, 0.717) is 0 Å². The Labute approximate surface area is 114 Å². The molecule has 0 amide bonds. The Hall–Kier alpha value is -2.20. The van der Waals surface area contributed by atoms with E-state index in [9.17, 15) is 0 Å². The van der Waals surface area contributed by atoms with Crippen molar-refractivity contribution in [2.75, 3.05) is 0 Å². The lowest BCUT2D eigenvalue weighted by Crippen LogP contribution is -2.01. The van der Waals surface area contributed by atoms with Crippen LogP contribution in [-0.2, 0) is 6.54 Å². The van der Waals surface area contributed by atoms with E-state index in [2.05, 4.69) is 52.1 Å². The lowest BCUT2D eigenvalue weighted by atomic mass is 10.2. The van der Waals surface area contributed by atoms with Crippen molar-refractivity contribution in [2.24, 2.45) is 0 Å². The summed E-state index contributed by atoms with van der Waals surface area (Å²) in [5.74, 6) is 0. The van der Waals surface area contributed by atoms with Gasteiger partial charge in [-0.3, -0.25) is 0 Å². The van der Waals surface area contributed by atoms with Gasteiger partial charge >= 0.3 is 0 Å². The largest absolute Gasteiger partial charge is 0.240 e. The van der Waals surface area contributed by atoms with Gasteiger partial charge in [-0.15, -0.1) is 16.4 Å². The molecule has 19 heavy (non-hydrogen) atoms. The lowest BCUT2D eigenvalue weighted by molar-refractivity contribution is 0.671. The molecule has 0 saturated carbocycles. The van der Waals surface area contributed by atoms with Gasteiger partial charge in [0.1, 0.15) is 5.52 Å². The molecule has 0 aliphatic heterocycles. The first-order valence-corrected chi connectivity index (χ1v) is 7.03. The summed E-state index contributed by atoms with van der Waals surface area (Å²) in [6.07, 6.45) is 0. The Morgan fingerprint density at radius 1 is 1.00 bits per heavy atom. The van der Waals surface area contributed by atoms with Crippen LogP contribution >= 0.6 is 11.3 Å². The van der Waals surface area contributed by atoms with Crippen molar-refractivity contribution in [3.63, 3.8) is 0 Å². The van der Waals surface area contributed by atoms with Crippen molar-refractivity contribution in [2.45, 2.75) is 6.54 Å². The van der Waals surface area contributed by atoms with Crippen LogP contribution in [0.1, 0.15) is 5.56 Å². The van der Waals surface area contributed by atoms with Gasteiger partial charge in [-0.25, -0.2) is 4.68 Å².